The average molecular weight is 500 g/mol. The van der Waals surface area contributed by atoms with Gasteiger partial charge in [0.15, 0.2) is 0 Å². The van der Waals surface area contributed by atoms with Gasteiger partial charge in [-0.05, 0) is 130 Å². The first-order valence-electron chi connectivity index (χ1n) is 12.5. The van der Waals surface area contributed by atoms with E-state index in [0.29, 0.717) is 0 Å². The third-order valence-corrected chi connectivity index (χ3v) is 9.40. The lowest BCUT2D eigenvalue weighted by Crippen LogP contribution is -2.24. The first-order valence-corrected chi connectivity index (χ1v) is 13.8. The van der Waals surface area contributed by atoms with Gasteiger partial charge in [0.05, 0.1) is 20.3 Å². The molecule has 0 heterocycles. The van der Waals surface area contributed by atoms with Gasteiger partial charge in [-0.25, -0.2) is 0 Å². The van der Waals surface area contributed by atoms with Crippen LogP contribution in [0.4, 0.5) is 0 Å². The molecule has 188 valence electrons. The van der Waals surface area contributed by atoms with Crippen LogP contribution in [0.1, 0.15) is 40.3 Å². The second kappa shape index (κ2) is 11.0. The van der Waals surface area contributed by atoms with E-state index in [4.69, 9.17) is 9.47 Å². The van der Waals surface area contributed by atoms with E-state index in [1.807, 2.05) is 0 Å². The summed E-state index contributed by atoms with van der Waals surface area (Å²) in [5.74, 6) is 1.95. The molecule has 0 aliphatic heterocycles. The molecule has 1 atom stereocenters. The van der Waals surface area contributed by atoms with Crippen LogP contribution in [0.25, 0.3) is 0 Å². The highest BCUT2D eigenvalue weighted by Gasteiger charge is 2.31. The molecule has 0 fully saturated rings. The van der Waals surface area contributed by atoms with Crippen LogP contribution in [0.3, 0.4) is 0 Å². The summed E-state index contributed by atoms with van der Waals surface area (Å²) in [5.41, 5.74) is 7.45. The molecule has 3 aromatic rings. The number of methoxy groups -OCH3 is 2. The molecule has 3 nitrogen and oxygen atoms in total. The number of benzene rings is 3. The number of ether oxygens (including phenoxy) is 2. The molecular weight excluding hydrogens is 461 g/mol. The number of hydrogen-bond acceptors (Lipinski definition) is 3. The van der Waals surface area contributed by atoms with Gasteiger partial charge in [0.1, 0.15) is 11.5 Å². The Morgan fingerprint density at radius 2 is 1.19 bits per heavy atom. The molecule has 0 spiro atoms. The first kappa shape index (κ1) is 26.2. The lowest BCUT2D eigenvalue weighted by atomic mass is 9.98. The van der Waals surface area contributed by atoms with Crippen molar-refractivity contribution >= 4 is 18.5 Å². The third kappa shape index (κ3) is 5.01. The highest BCUT2D eigenvalue weighted by molar-refractivity contribution is 7.77. The molecule has 0 saturated heterocycles. The first-order chi connectivity index (χ1) is 17.3. The van der Waals surface area contributed by atoms with E-state index < -0.39 is 7.92 Å². The highest BCUT2D eigenvalue weighted by atomic mass is 31.1. The molecule has 0 N–H and O–H groups in total. The normalized spacial score (nSPS) is 14.2. The Morgan fingerprint density at radius 1 is 0.722 bits per heavy atom. The maximum atomic E-state index is 5.72. The average Bonchev–Trinajstić information content (AvgIpc) is 3.28. The topological polar surface area (TPSA) is 21.7 Å². The second-order valence-corrected chi connectivity index (χ2v) is 12.0. The molecule has 4 heteroatoms. The quantitative estimate of drug-likeness (QED) is 0.315. The summed E-state index contributed by atoms with van der Waals surface area (Å²) >= 11 is 0. The summed E-state index contributed by atoms with van der Waals surface area (Å²) in [4.78, 5) is 2.34. The Labute approximate surface area is 218 Å². The smallest absolute Gasteiger partial charge is 0.124 e. The Kier molecular flexibility index (Phi) is 8.03. The summed E-state index contributed by atoms with van der Waals surface area (Å²) in [7, 11) is 7.10. The van der Waals surface area contributed by atoms with Gasteiger partial charge in [-0.3, -0.25) is 4.90 Å². The van der Waals surface area contributed by atoms with Crippen LogP contribution in [-0.4, -0.2) is 33.2 Å². The summed E-state index contributed by atoms with van der Waals surface area (Å²) < 4.78 is 11.4. The van der Waals surface area contributed by atoms with Crippen LogP contribution in [0, 0.1) is 27.7 Å². The standard InChI is InChI=1S/C32H38NO2P/c1-21-17-26(18-22(2)31(21)34-7)36(27-19-23(3)32(35-8)24(4)20-27)29-16-12-15-28(29)30(33(5)6)25-13-10-9-11-14-25/h9-11,13-20,30H,12H2,1-8H3/t30-/m1/s1. The number of likely N-dealkylation sites (N-methyl/N-ethyl adjacent to an activating group) is 1. The number of nitrogens with zero attached hydrogens (tertiary/aromatic N) is 1. The van der Waals surface area contributed by atoms with Gasteiger partial charge < -0.3 is 9.47 Å². The van der Waals surface area contributed by atoms with Crippen molar-refractivity contribution in [1.82, 2.24) is 4.90 Å². The minimum atomic E-state index is -0.783. The Hall–Kier alpha value is -2.87. The molecular formula is C32H38NO2P. The maximum Gasteiger partial charge on any atom is 0.124 e. The van der Waals surface area contributed by atoms with Crippen LogP contribution in [-0.2, 0) is 0 Å². The zero-order valence-electron chi connectivity index (χ0n) is 22.8. The van der Waals surface area contributed by atoms with Crippen LogP contribution in [0.5, 0.6) is 11.5 Å². The van der Waals surface area contributed by atoms with E-state index in [1.54, 1.807) is 14.2 Å². The highest BCUT2D eigenvalue weighted by Crippen LogP contribution is 2.53. The number of allylic oxidation sites excluding steroid dienone is 2. The number of hydrogen-bond donors (Lipinski definition) is 0. The lowest BCUT2D eigenvalue weighted by molar-refractivity contribution is 0.341. The fourth-order valence-corrected chi connectivity index (χ4v) is 8.47. The largest absolute Gasteiger partial charge is 0.496 e. The minimum absolute atomic E-state index is 0.200. The van der Waals surface area contributed by atoms with E-state index in [2.05, 4.69) is 113 Å². The Balaban J connectivity index is 1.92. The fourth-order valence-electron chi connectivity index (χ4n) is 5.57. The predicted octanol–water partition coefficient (Wildman–Crippen LogP) is 6.89. The van der Waals surface area contributed by atoms with Crippen LogP contribution in [0.15, 0.2) is 77.6 Å². The third-order valence-electron chi connectivity index (χ3n) is 6.93. The Morgan fingerprint density at radius 3 is 1.61 bits per heavy atom. The predicted molar refractivity (Wildman–Crippen MR) is 155 cm³/mol. The number of aryl methyl sites for hydroxylation is 4. The molecule has 3 aromatic carbocycles. The molecule has 36 heavy (non-hydrogen) atoms. The SMILES string of the molecule is COc1c(C)cc(P(C2=CCC=C2[C@@H](c2ccccc2)N(C)C)c2cc(C)c(OC)c(C)c2)cc1C. The van der Waals surface area contributed by atoms with E-state index in [-0.39, 0.29) is 6.04 Å². The summed E-state index contributed by atoms with van der Waals surface area (Å²) in [6.45, 7) is 8.61. The van der Waals surface area contributed by atoms with Crippen molar-refractivity contribution in [3.05, 3.63) is 105 Å². The van der Waals surface area contributed by atoms with Crippen molar-refractivity contribution < 1.29 is 9.47 Å². The zero-order chi connectivity index (χ0) is 26.0. The van der Waals surface area contributed by atoms with E-state index in [9.17, 15) is 0 Å². The van der Waals surface area contributed by atoms with Crippen molar-refractivity contribution in [2.75, 3.05) is 28.3 Å². The van der Waals surface area contributed by atoms with Crippen molar-refractivity contribution in [1.29, 1.82) is 0 Å². The van der Waals surface area contributed by atoms with E-state index in [1.165, 1.54) is 49.3 Å². The fraction of sp³-hybridized carbons (Fsp3) is 0.312. The van der Waals surface area contributed by atoms with Crippen LogP contribution >= 0.6 is 7.92 Å². The molecule has 0 amide bonds. The molecule has 0 saturated carbocycles. The van der Waals surface area contributed by atoms with Crippen molar-refractivity contribution in [2.24, 2.45) is 0 Å². The molecule has 0 aromatic heterocycles. The summed E-state index contributed by atoms with van der Waals surface area (Å²) in [6, 6.07) is 20.4. The monoisotopic (exact) mass is 499 g/mol. The molecule has 0 unspecified atom stereocenters. The van der Waals surface area contributed by atoms with Gasteiger partial charge in [-0.2, -0.15) is 0 Å². The minimum Gasteiger partial charge on any atom is -0.496 e. The lowest BCUT2D eigenvalue weighted by Gasteiger charge is -2.32. The van der Waals surface area contributed by atoms with E-state index >= 15 is 0 Å². The van der Waals surface area contributed by atoms with Gasteiger partial charge in [-0.15, -0.1) is 0 Å². The molecule has 4 rings (SSSR count). The van der Waals surface area contributed by atoms with Gasteiger partial charge >= 0.3 is 0 Å². The Bertz CT molecular complexity index is 1200. The van der Waals surface area contributed by atoms with Gasteiger partial charge in [0, 0.05) is 0 Å². The van der Waals surface area contributed by atoms with Crippen LogP contribution < -0.4 is 20.1 Å². The molecule has 1 aliphatic rings. The van der Waals surface area contributed by atoms with Crippen molar-refractivity contribution in [3.63, 3.8) is 0 Å². The zero-order valence-corrected chi connectivity index (χ0v) is 23.7. The van der Waals surface area contributed by atoms with Gasteiger partial charge in [-0.1, -0.05) is 42.5 Å². The van der Waals surface area contributed by atoms with Crippen LogP contribution in [0.2, 0.25) is 0 Å². The van der Waals surface area contributed by atoms with Gasteiger partial charge in [0.2, 0.25) is 0 Å². The summed E-state index contributed by atoms with van der Waals surface area (Å²) in [5, 5.41) is 4.16. The van der Waals surface area contributed by atoms with E-state index in [0.717, 1.165) is 17.9 Å². The van der Waals surface area contributed by atoms with Crippen molar-refractivity contribution in [2.45, 2.75) is 40.2 Å². The van der Waals surface area contributed by atoms with Gasteiger partial charge in [0.25, 0.3) is 0 Å². The summed E-state index contributed by atoms with van der Waals surface area (Å²) in [6.07, 6.45) is 5.84. The number of rotatable bonds is 8. The second-order valence-electron chi connectivity index (χ2n) is 9.82. The molecule has 0 bridgehead atoms. The molecule has 1 aliphatic carbocycles. The molecule has 0 radical (unpaired) electrons. The van der Waals surface area contributed by atoms with Crippen molar-refractivity contribution in [3.8, 4) is 11.5 Å². The maximum absolute atomic E-state index is 5.72.